The van der Waals surface area contributed by atoms with E-state index in [9.17, 15) is 73.2 Å². The molecule has 5 atom stereocenters. The first-order valence-corrected chi connectivity index (χ1v) is 21.3. The van der Waals surface area contributed by atoms with Crippen LogP contribution in [-0.4, -0.2) is 133 Å². The van der Waals surface area contributed by atoms with E-state index >= 15 is 0 Å². The van der Waals surface area contributed by atoms with Crippen molar-refractivity contribution in [2.75, 3.05) is 6.54 Å². The third kappa shape index (κ3) is 30.8. The molecule has 0 saturated carbocycles. The molecule has 0 unspecified atom stereocenters. The molecule has 23 nitrogen and oxygen atoms in total. The first-order chi connectivity index (χ1) is 29.7. The topological polar surface area (TPSA) is 395 Å². The molecule has 0 saturated heterocycles. The Morgan fingerprint density at radius 3 is 0.952 bits per heavy atom. The summed E-state index contributed by atoms with van der Waals surface area (Å²) in [6.07, 6.45) is 6.52. The standard InChI is InChI=1S/C40H66N6O17/c41-25(36(54)55)13-11-12-24-42-30(47)20-16-26(37(56)57)44-32(49)22-18-28(39(60)61)46-34(51)23-19-29(40(62)63)45-33(50)21-17-27(38(58)59)43-31(48)14-9-7-5-3-1-2-4-6-8-10-15-35(52)53/h25-29H,1-24,41H2,(H,42,47)(H,43,48)(H,44,49)(H,45,50)(H,46,51)(H,52,53)(H,54,55)(H,56,57)(H,58,59)(H,60,61)(H,62,63)/t25-,26-,27-,28-,29-/m0/s1. The summed E-state index contributed by atoms with van der Waals surface area (Å²) >= 11 is 0. The predicted molar refractivity (Wildman–Crippen MR) is 221 cm³/mol. The van der Waals surface area contributed by atoms with E-state index in [0.717, 1.165) is 51.4 Å². The summed E-state index contributed by atoms with van der Waals surface area (Å²) in [6, 6.07) is -7.23. The molecule has 0 aliphatic carbocycles. The summed E-state index contributed by atoms with van der Waals surface area (Å²) < 4.78 is 0. The molecule has 0 rings (SSSR count). The van der Waals surface area contributed by atoms with Crippen LogP contribution in [0.15, 0.2) is 0 Å². The molecular weight excluding hydrogens is 836 g/mol. The van der Waals surface area contributed by atoms with E-state index in [0.29, 0.717) is 25.7 Å². The van der Waals surface area contributed by atoms with Crippen LogP contribution in [0.1, 0.15) is 148 Å². The monoisotopic (exact) mass is 902 g/mol. The molecule has 0 aliphatic heterocycles. The van der Waals surface area contributed by atoms with Gasteiger partial charge in [-0.2, -0.15) is 0 Å². The lowest BCUT2D eigenvalue weighted by Gasteiger charge is -2.18. The number of hydrogen-bond acceptors (Lipinski definition) is 12. The second-order valence-corrected chi connectivity index (χ2v) is 15.2. The van der Waals surface area contributed by atoms with Crippen LogP contribution in [0.25, 0.3) is 0 Å². The van der Waals surface area contributed by atoms with Crippen LogP contribution in [0.3, 0.4) is 0 Å². The molecule has 0 aromatic rings. The summed E-state index contributed by atoms with van der Waals surface area (Å²) in [5.41, 5.74) is 5.40. The van der Waals surface area contributed by atoms with Crippen LogP contribution >= 0.6 is 0 Å². The number of unbranched alkanes of at least 4 members (excludes halogenated alkanes) is 10. The van der Waals surface area contributed by atoms with Gasteiger partial charge in [0.05, 0.1) is 0 Å². The van der Waals surface area contributed by atoms with Crippen molar-refractivity contribution >= 4 is 65.4 Å². The van der Waals surface area contributed by atoms with Crippen molar-refractivity contribution in [3.8, 4) is 0 Å². The van der Waals surface area contributed by atoms with Crippen LogP contribution < -0.4 is 32.3 Å². The third-order valence-corrected chi connectivity index (χ3v) is 9.80. The average Bonchev–Trinajstić information content (AvgIpc) is 3.20. The van der Waals surface area contributed by atoms with Gasteiger partial charge < -0.3 is 63.0 Å². The maximum absolute atomic E-state index is 12.6. The lowest BCUT2D eigenvalue weighted by atomic mass is 10.0. The van der Waals surface area contributed by atoms with Crippen molar-refractivity contribution in [2.24, 2.45) is 5.73 Å². The SMILES string of the molecule is N[C@@H](CCCCNC(=O)CC[C@H](NC(=O)CC[C@H](NC(=O)CC[C@H](NC(=O)CC[C@H](NC(=O)CCCCCCCCCCCCC(=O)O)C(=O)O)C(=O)O)C(=O)O)C(=O)O)C(=O)O. The van der Waals surface area contributed by atoms with E-state index in [1.165, 1.54) is 0 Å². The van der Waals surface area contributed by atoms with Crippen molar-refractivity contribution in [1.82, 2.24) is 26.6 Å². The Morgan fingerprint density at radius 2 is 0.635 bits per heavy atom. The minimum absolute atomic E-state index is 0.0743. The Labute approximate surface area is 365 Å². The smallest absolute Gasteiger partial charge is 0.326 e. The number of carbonyl (C=O) groups is 11. The van der Waals surface area contributed by atoms with Crippen LogP contribution in [0.4, 0.5) is 0 Å². The minimum Gasteiger partial charge on any atom is -0.481 e. The van der Waals surface area contributed by atoms with Crippen molar-refractivity contribution < 1.29 is 83.4 Å². The van der Waals surface area contributed by atoms with Gasteiger partial charge in [0.15, 0.2) is 0 Å². The fourth-order valence-electron chi connectivity index (χ4n) is 6.10. The number of amides is 5. The Kier molecular flexibility index (Phi) is 30.6. The molecule has 358 valence electrons. The summed E-state index contributed by atoms with van der Waals surface area (Å²) in [5, 5.41) is 67.0. The van der Waals surface area contributed by atoms with Gasteiger partial charge in [0.25, 0.3) is 0 Å². The van der Waals surface area contributed by atoms with Gasteiger partial charge in [0, 0.05) is 45.1 Å². The first-order valence-electron chi connectivity index (χ1n) is 21.3. The Hall–Kier alpha value is -5.87. The van der Waals surface area contributed by atoms with E-state index in [2.05, 4.69) is 26.6 Å². The van der Waals surface area contributed by atoms with Gasteiger partial charge in [-0.15, -0.1) is 0 Å². The number of aliphatic carboxylic acids is 6. The van der Waals surface area contributed by atoms with E-state index in [1.54, 1.807) is 0 Å². The maximum atomic E-state index is 12.6. The van der Waals surface area contributed by atoms with Gasteiger partial charge in [-0.05, 0) is 57.8 Å². The van der Waals surface area contributed by atoms with E-state index in [4.69, 9.17) is 15.9 Å². The summed E-state index contributed by atoms with van der Waals surface area (Å²) in [7, 11) is 0. The largest absolute Gasteiger partial charge is 0.481 e. The fraction of sp³-hybridized carbons (Fsp3) is 0.725. The second kappa shape index (κ2) is 33.7. The molecule has 0 radical (unpaired) electrons. The van der Waals surface area contributed by atoms with Crippen molar-refractivity contribution in [3.05, 3.63) is 0 Å². The molecule has 5 amide bonds. The number of rotatable bonds is 39. The molecule has 0 aliphatic rings. The summed E-state index contributed by atoms with van der Waals surface area (Å²) in [5.74, 6) is -11.7. The Balaban J connectivity index is 4.67. The molecule has 0 spiro atoms. The van der Waals surface area contributed by atoms with Gasteiger partial charge >= 0.3 is 35.8 Å². The zero-order valence-corrected chi connectivity index (χ0v) is 35.6. The van der Waals surface area contributed by atoms with E-state index in [1.807, 2.05) is 0 Å². The predicted octanol–water partition coefficient (Wildman–Crippen LogP) is 0.849. The van der Waals surface area contributed by atoms with Gasteiger partial charge in [0.2, 0.25) is 29.5 Å². The summed E-state index contributed by atoms with van der Waals surface area (Å²) in [4.78, 5) is 130. The Morgan fingerprint density at radius 1 is 0.333 bits per heavy atom. The number of hydrogen-bond donors (Lipinski definition) is 12. The molecule has 0 fully saturated rings. The molecular formula is C40H66N6O17. The van der Waals surface area contributed by atoms with Crippen LogP contribution in [0, 0.1) is 0 Å². The number of carboxylic acid groups (broad SMARTS) is 6. The zero-order chi connectivity index (χ0) is 47.7. The van der Waals surface area contributed by atoms with Gasteiger partial charge in [0.1, 0.15) is 30.2 Å². The lowest BCUT2D eigenvalue weighted by molar-refractivity contribution is -0.144. The molecule has 0 bridgehead atoms. The van der Waals surface area contributed by atoms with Crippen LogP contribution in [0.2, 0.25) is 0 Å². The van der Waals surface area contributed by atoms with Crippen LogP contribution in [-0.2, 0) is 52.7 Å². The normalized spacial score (nSPS) is 13.2. The zero-order valence-electron chi connectivity index (χ0n) is 35.6. The lowest BCUT2D eigenvalue weighted by Crippen LogP contribution is -2.45. The fourth-order valence-corrected chi connectivity index (χ4v) is 6.10. The van der Waals surface area contributed by atoms with Crippen molar-refractivity contribution in [1.29, 1.82) is 0 Å². The number of carboxylic acids is 6. The first kappa shape index (κ1) is 57.1. The summed E-state index contributed by atoms with van der Waals surface area (Å²) in [6.45, 7) is 0.187. The second-order valence-electron chi connectivity index (χ2n) is 15.2. The van der Waals surface area contributed by atoms with Crippen molar-refractivity contribution in [3.63, 3.8) is 0 Å². The van der Waals surface area contributed by atoms with Crippen LogP contribution in [0.5, 0.6) is 0 Å². The third-order valence-electron chi connectivity index (χ3n) is 9.80. The quantitative estimate of drug-likeness (QED) is 0.0380. The number of nitrogens with two attached hydrogens (primary N) is 1. The highest BCUT2D eigenvalue weighted by molar-refractivity contribution is 5.88. The Bertz CT molecular complexity index is 1530. The molecule has 13 N–H and O–H groups in total. The average molecular weight is 903 g/mol. The maximum Gasteiger partial charge on any atom is 0.326 e. The van der Waals surface area contributed by atoms with Crippen molar-refractivity contribution in [2.45, 2.75) is 178 Å². The van der Waals surface area contributed by atoms with Gasteiger partial charge in [-0.25, -0.2) is 19.2 Å². The molecule has 0 aromatic heterocycles. The molecule has 23 heteroatoms. The minimum atomic E-state index is -1.64. The van der Waals surface area contributed by atoms with E-state index in [-0.39, 0.29) is 45.1 Å². The molecule has 0 aromatic carbocycles. The number of carbonyl (C=O) groups excluding carboxylic acids is 5. The highest BCUT2D eigenvalue weighted by Gasteiger charge is 2.27. The number of nitrogens with one attached hydrogen (secondary N) is 5. The molecule has 0 heterocycles. The van der Waals surface area contributed by atoms with Gasteiger partial charge in [-0.3, -0.25) is 33.6 Å². The van der Waals surface area contributed by atoms with Gasteiger partial charge in [-0.1, -0.05) is 51.4 Å². The van der Waals surface area contributed by atoms with E-state index < -0.39 is 128 Å². The molecule has 63 heavy (non-hydrogen) atoms. The highest BCUT2D eigenvalue weighted by atomic mass is 16.4. The highest BCUT2D eigenvalue weighted by Crippen LogP contribution is 2.13.